The van der Waals surface area contributed by atoms with Crippen molar-refractivity contribution in [1.29, 1.82) is 0 Å². The summed E-state index contributed by atoms with van der Waals surface area (Å²) in [6, 6.07) is 4.30. The maximum atomic E-state index is 6.20. The van der Waals surface area contributed by atoms with Gasteiger partial charge in [-0.2, -0.15) is 11.8 Å². The fraction of sp³-hybridized carbons (Fsp3) is 0.615. The summed E-state index contributed by atoms with van der Waals surface area (Å²) in [5, 5.41) is 0.355. The largest absolute Gasteiger partial charge is 0.326 e. The van der Waals surface area contributed by atoms with Crippen molar-refractivity contribution in [2.24, 2.45) is 5.73 Å². The van der Waals surface area contributed by atoms with E-state index in [0.717, 1.165) is 18.7 Å². The Hall–Kier alpha value is -0.580. The number of rotatable bonds is 7. The number of aromatic nitrogens is 1. The maximum Gasteiger partial charge on any atom is 0.0463 e. The summed E-state index contributed by atoms with van der Waals surface area (Å²) < 4.78 is 0. The Labute approximate surface area is 109 Å². The Balaban J connectivity index is 2.61. The van der Waals surface area contributed by atoms with Crippen LogP contribution in [0.2, 0.25) is 0 Å². The molecule has 17 heavy (non-hydrogen) atoms. The first-order valence-electron chi connectivity index (χ1n) is 6.07. The van der Waals surface area contributed by atoms with E-state index in [0.29, 0.717) is 5.25 Å². The number of hydrogen-bond acceptors (Lipinski definition) is 4. The molecule has 0 saturated carbocycles. The van der Waals surface area contributed by atoms with Crippen molar-refractivity contribution in [1.82, 2.24) is 9.88 Å². The van der Waals surface area contributed by atoms with Crippen LogP contribution in [0, 0.1) is 0 Å². The fourth-order valence-electron chi connectivity index (χ4n) is 1.59. The molecule has 0 amide bonds. The van der Waals surface area contributed by atoms with Crippen molar-refractivity contribution in [2.45, 2.75) is 24.6 Å². The van der Waals surface area contributed by atoms with E-state index in [9.17, 15) is 0 Å². The minimum Gasteiger partial charge on any atom is -0.326 e. The highest BCUT2D eigenvalue weighted by molar-refractivity contribution is 7.99. The van der Waals surface area contributed by atoms with Gasteiger partial charge in [0.25, 0.3) is 0 Å². The zero-order chi connectivity index (χ0) is 12.7. The van der Waals surface area contributed by atoms with Crippen LogP contribution in [0.5, 0.6) is 0 Å². The van der Waals surface area contributed by atoms with Crippen LogP contribution in [0.4, 0.5) is 0 Å². The van der Waals surface area contributed by atoms with E-state index < -0.39 is 0 Å². The highest BCUT2D eigenvalue weighted by atomic mass is 32.2. The van der Waals surface area contributed by atoms with Crippen LogP contribution in [0.25, 0.3) is 0 Å². The molecule has 1 heterocycles. The van der Waals surface area contributed by atoms with Crippen molar-refractivity contribution < 1.29 is 0 Å². The monoisotopic (exact) mass is 253 g/mol. The molecule has 2 N–H and O–H groups in total. The Morgan fingerprint density at radius 2 is 2.24 bits per heavy atom. The van der Waals surface area contributed by atoms with E-state index in [1.54, 1.807) is 0 Å². The molecular weight excluding hydrogens is 230 g/mol. The van der Waals surface area contributed by atoms with Gasteiger partial charge in [0, 0.05) is 36.0 Å². The zero-order valence-electron chi connectivity index (χ0n) is 11.0. The minimum atomic E-state index is 0.200. The van der Waals surface area contributed by atoms with Crippen LogP contribution in [0.1, 0.15) is 24.2 Å². The Morgan fingerprint density at radius 3 is 2.76 bits per heavy atom. The molecule has 3 nitrogen and oxygen atoms in total. The minimum absolute atomic E-state index is 0.200. The first kappa shape index (κ1) is 14.5. The van der Waals surface area contributed by atoms with Crippen molar-refractivity contribution >= 4 is 11.8 Å². The molecule has 0 aliphatic rings. The smallest absolute Gasteiger partial charge is 0.0463 e. The molecule has 0 aromatic carbocycles. The highest BCUT2D eigenvalue weighted by Gasteiger charge is 2.18. The summed E-state index contributed by atoms with van der Waals surface area (Å²) in [6.45, 7) is 3.22. The summed E-state index contributed by atoms with van der Waals surface area (Å²) in [5.74, 6) is 1.10. The van der Waals surface area contributed by atoms with Crippen molar-refractivity contribution in [3.05, 3.63) is 30.1 Å². The molecule has 96 valence electrons. The number of nitrogens with two attached hydrogens (primary N) is 1. The van der Waals surface area contributed by atoms with E-state index in [1.165, 1.54) is 5.56 Å². The molecule has 0 fully saturated rings. The maximum absolute atomic E-state index is 6.20. The third kappa shape index (κ3) is 5.06. The third-order valence-electron chi connectivity index (χ3n) is 2.71. The molecule has 1 aromatic heterocycles. The highest BCUT2D eigenvalue weighted by Crippen LogP contribution is 2.31. The summed E-state index contributed by atoms with van der Waals surface area (Å²) >= 11 is 1.93. The predicted molar refractivity (Wildman–Crippen MR) is 76.3 cm³/mol. The second-order valence-electron chi connectivity index (χ2n) is 4.45. The van der Waals surface area contributed by atoms with Gasteiger partial charge in [0.05, 0.1) is 0 Å². The zero-order valence-corrected chi connectivity index (χ0v) is 11.8. The second-order valence-corrected chi connectivity index (χ2v) is 5.70. The van der Waals surface area contributed by atoms with Gasteiger partial charge in [-0.05, 0) is 32.1 Å². The van der Waals surface area contributed by atoms with Crippen LogP contribution in [-0.2, 0) is 0 Å². The predicted octanol–water partition coefficient (Wildman–Crippen LogP) is 2.15. The lowest BCUT2D eigenvalue weighted by Gasteiger charge is -2.23. The van der Waals surface area contributed by atoms with E-state index in [4.69, 9.17) is 5.73 Å². The summed E-state index contributed by atoms with van der Waals surface area (Å²) in [4.78, 5) is 6.39. The third-order valence-corrected chi connectivity index (χ3v) is 4.11. The Bertz CT molecular complexity index is 303. The van der Waals surface area contributed by atoms with Crippen molar-refractivity contribution in [3.63, 3.8) is 0 Å². The van der Waals surface area contributed by atoms with E-state index in [2.05, 4.69) is 37.0 Å². The van der Waals surface area contributed by atoms with Gasteiger partial charge >= 0.3 is 0 Å². The van der Waals surface area contributed by atoms with Crippen LogP contribution in [-0.4, -0.2) is 42.3 Å². The first-order valence-corrected chi connectivity index (χ1v) is 7.11. The average Bonchev–Trinajstić information content (AvgIpc) is 2.34. The lowest BCUT2D eigenvalue weighted by Crippen LogP contribution is -2.27. The molecule has 0 aliphatic carbocycles. The molecule has 0 spiro atoms. The number of hydrogen-bond donors (Lipinski definition) is 1. The molecular formula is C13H23N3S. The van der Waals surface area contributed by atoms with Gasteiger partial charge in [0.2, 0.25) is 0 Å². The fourth-order valence-corrected chi connectivity index (χ4v) is 3.08. The van der Waals surface area contributed by atoms with Gasteiger partial charge < -0.3 is 10.6 Å². The molecule has 4 heteroatoms. The number of thioether (sulfide) groups is 1. The second kappa shape index (κ2) is 7.69. The molecule has 1 aromatic rings. The van der Waals surface area contributed by atoms with Crippen LogP contribution in [0.15, 0.2) is 24.5 Å². The average molecular weight is 253 g/mol. The lowest BCUT2D eigenvalue weighted by atomic mass is 10.1. The molecule has 0 aliphatic heterocycles. The van der Waals surface area contributed by atoms with E-state index in [-0.39, 0.29) is 6.04 Å². The van der Waals surface area contributed by atoms with Crippen molar-refractivity contribution in [2.75, 3.05) is 26.4 Å². The SMILES string of the molecule is CCC(N)C(SCCN(C)C)c1cccnc1. The molecule has 2 unspecified atom stereocenters. The summed E-state index contributed by atoms with van der Waals surface area (Å²) in [5.41, 5.74) is 7.45. The number of nitrogens with zero attached hydrogens (tertiary/aromatic N) is 2. The van der Waals surface area contributed by atoms with E-state index in [1.807, 2.05) is 30.2 Å². The standard InChI is InChI=1S/C13H23N3S/c1-4-12(14)13(17-9-8-16(2)3)11-6-5-7-15-10-11/h5-7,10,12-13H,4,8-9,14H2,1-3H3. The van der Waals surface area contributed by atoms with Gasteiger partial charge in [0.15, 0.2) is 0 Å². The molecule has 1 rings (SSSR count). The Kier molecular flexibility index (Phi) is 6.55. The topological polar surface area (TPSA) is 42.1 Å². The molecule has 0 saturated heterocycles. The molecule has 2 atom stereocenters. The first-order chi connectivity index (χ1) is 8.15. The van der Waals surface area contributed by atoms with Gasteiger partial charge in [0.1, 0.15) is 0 Å². The van der Waals surface area contributed by atoms with Gasteiger partial charge in [-0.25, -0.2) is 0 Å². The normalized spacial score (nSPS) is 14.9. The summed E-state index contributed by atoms with van der Waals surface area (Å²) in [7, 11) is 4.19. The summed E-state index contributed by atoms with van der Waals surface area (Å²) in [6.07, 6.45) is 4.74. The van der Waals surface area contributed by atoms with Gasteiger partial charge in [-0.15, -0.1) is 0 Å². The molecule has 0 bridgehead atoms. The van der Waals surface area contributed by atoms with Gasteiger partial charge in [-0.3, -0.25) is 4.98 Å². The number of pyridine rings is 1. The van der Waals surface area contributed by atoms with Gasteiger partial charge in [-0.1, -0.05) is 13.0 Å². The van der Waals surface area contributed by atoms with E-state index >= 15 is 0 Å². The van der Waals surface area contributed by atoms with Crippen molar-refractivity contribution in [3.8, 4) is 0 Å². The quantitative estimate of drug-likeness (QED) is 0.808. The Morgan fingerprint density at radius 1 is 1.47 bits per heavy atom. The lowest BCUT2D eigenvalue weighted by molar-refractivity contribution is 0.437. The van der Waals surface area contributed by atoms with Crippen LogP contribution >= 0.6 is 11.8 Å². The van der Waals surface area contributed by atoms with Crippen LogP contribution < -0.4 is 5.73 Å². The molecule has 0 radical (unpaired) electrons. The van der Waals surface area contributed by atoms with Crippen LogP contribution in [0.3, 0.4) is 0 Å².